The van der Waals surface area contributed by atoms with Crippen LogP contribution in [0.25, 0.3) is 16.9 Å². The molecule has 0 unspecified atom stereocenters. The molecule has 33 heavy (non-hydrogen) atoms. The summed E-state index contributed by atoms with van der Waals surface area (Å²) in [6.45, 7) is 6.28. The third kappa shape index (κ3) is 4.80. The van der Waals surface area contributed by atoms with Crippen molar-refractivity contribution in [1.29, 1.82) is 0 Å². The molecule has 0 aliphatic heterocycles. The summed E-state index contributed by atoms with van der Waals surface area (Å²) in [5, 5.41) is 6.97. The molecule has 168 valence electrons. The first-order valence-corrected chi connectivity index (χ1v) is 11.2. The Bertz CT molecular complexity index is 1330. The van der Waals surface area contributed by atoms with Crippen molar-refractivity contribution in [3.05, 3.63) is 89.6 Å². The van der Waals surface area contributed by atoms with Gasteiger partial charge in [-0.25, -0.2) is 9.66 Å². The number of thiazole rings is 1. The van der Waals surface area contributed by atoms with Crippen molar-refractivity contribution < 1.29 is 9.47 Å². The second-order valence-corrected chi connectivity index (χ2v) is 7.95. The van der Waals surface area contributed by atoms with Crippen LogP contribution in [0.5, 0.6) is 11.5 Å². The first-order chi connectivity index (χ1) is 16.1. The number of benzene rings is 2. The fourth-order valence-electron chi connectivity index (χ4n) is 3.34. The predicted octanol–water partition coefficient (Wildman–Crippen LogP) is 4.78. The zero-order valence-electron chi connectivity index (χ0n) is 18.8. The molecule has 0 fully saturated rings. The van der Waals surface area contributed by atoms with Crippen LogP contribution in [-0.4, -0.2) is 40.7 Å². The number of rotatable bonds is 8. The summed E-state index contributed by atoms with van der Waals surface area (Å²) in [5.41, 5.74) is 4.70. The molecule has 2 aromatic carbocycles. The molecule has 2 heterocycles. The zero-order chi connectivity index (χ0) is 23.2. The molecule has 0 amide bonds. The Balaban J connectivity index is 1.78. The third-order valence-corrected chi connectivity index (χ3v) is 5.92. The Morgan fingerprint density at radius 2 is 1.97 bits per heavy atom. The third-order valence-electron chi connectivity index (χ3n) is 5.06. The van der Waals surface area contributed by atoms with E-state index in [9.17, 15) is 0 Å². The van der Waals surface area contributed by atoms with E-state index in [2.05, 4.69) is 28.7 Å². The SMILES string of the molecule is C=CCN=c1scc(-c2ccc(OC)cc2OC)n1N=C(C)c1ccc(-n2ccnc2)cc1. The Morgan fingerprint density at radius 3 is 2.64 bits per heavy atom. The van der Waals surface area contributed by atoms with Gasteiger partial charge in [-0.3, -0.25) is 4.99 Å². The zero-order valence-corrected chi connectivity index (χ0v) is 19.6. The minimum Gasteiger partial charge on any atom is -0.497 e. The Morgan fingerprint density at radius 1 is 1.15 bits per heavy atom. The Hall–Kier alpha value is -3.91. The van der Waals surface area contributed by atoms with Crippen LogP contribution < -0.4 is 14.3 Å². The van der Waals surface area contributed by atoms with Gasteiger partial charge in [0.1, 0.15) is 11.5 Å². The molecule has 0 bridgehead atoms. The molecule has 8 heteroatoms. The number of aromatic nitrogens is 3. The molecule has 0 saturated heterocycles. The molecule has 0 atom stereocenters. The van der Waals surface area contributed by atoms with Crippen molar-refractivity contribution in [3.8, 4) is 28.4 Å². The maximum Gasteiger partial charge on any atom is 0.206 e. The van der Waals surface area contributed by atoms with Gasteiger partial charge < -0.3 is 14.0 Å². The van der Waals surface area contributed by atoms with Crippen molar-refractivity contribution in [2.75, 3.05) is 20.8 Å². The van der Waals surface area contributed by atoms with Crippen molar-refractivity contribution in [2.24, 2.45) is 10.1 Å². The van der Waals surface area contributed by atoms with Gasteiger partial charge in [-0.2, -0.15) is 5.10 Å². The van der Waals surface area contributed by atoms with Crippen molar-refractivity contribution >= 4 is 17.0 Å². The highest BCUT2D eigenvalue weighted by Crippen LogP contribution is 2.33. The fraction of sp³-hybridized carbons (Fsp3) is 0.160. The van der Waals surface area contributed by atoms with Gasteiger partial charge in [-0.15, -0.1) is 17.9 Å². The molecule has 0 saturated carbocycles. The summed E-state index contributed by atoms with van der Waals surface area (Å²) in [4.78, 5) is 9.52. The minimum atomic E-state index is 0.508. The van der Waals surface area contributed by atoms with Crippen LogP contribution in [0.2, 0.25) is 0 Å². The molecule has 4 aromatic rings. The first kappa shape index (κ1) is 22.3. The number of ether oxygens (including phenoxy) is 2. The van der Waals surface area contributed by atoms with Crippen molar-refractivity contribution in [1.82, 2.24) is 14.2 Å². The minimum absolute atomic E-state index is 0.508. The second kappa shape index (κ2) is 10.1. The lowest BCUT2D eigenvalue weighted by molar-refractivity contribution is 0.395. The number of hydrogen-bond donors (Lipinski definition) is 0. The predicted molar refractivity (Wildman–Crippen MR) is 133 cm³/mol. The maximum absolute atomic E-state index is 5.63. The number of nitrogens with zero attached hydrogens (tertiary/aromatic N) is 5. The van der Waals surface area contributed by atoms with Gasteiger partial charge in [-0.1, -0.05) is 18.2 Å². The second-order valence-electron chi connectivity index (χ2n) is 7.11. The van der Waals surface area contributed by atoms with Gasteiger partial charge in [-0.05, 0) is 36.8 Å². The molecule has 0 radical (unpaired) electrons. The van der Waals surface area contributed by atoms with E-state index in [1.165, 1.54) is 11.3 Å². The summed E-state index contributed by atoms with van der Waals surface area (Å²) in [6, 6.07) is 13.9. The summed E-state index contributed by atoms with van der Waals surface area (Å²) in [7, 11) is 3.28. The van der Waals surface area contributed by atoms with Crippen LogP contribution in [0.15, 0.2) is 89.3 Å². The first-order valence-electron chi connectivity index (χ1n) is 10.3. The molecule has 2 aromatic heterocycles. The highest BCUT2D eigenvalue weighted by atomic mass is 32.1. The fourth-order valence-corrected chi connectivity index (χ4v) is 4.17. The molecule has 0 N–H and O–H groups in total. The summed E-state index contributed by atoms with van der Waals surface area (Å²) < 4.78 is 14.8. The summed E-state index contributed by atoms with van der Waals surface area (Å²) in [5.74, 6) is 1.43. The van der Waals surface area contributed by atoms with Crippen LogP contribution >= 0.6 is 11.3 Å². The molecule has 0 aliphatic carbocycles. The standard InChI is InChI=1S/C25H25N5O2S/c1-5-12-27-25-30(23(16-33-25)22-11-10-21(31-3)15-24(22)32-4)28-18(2)19-6-8-20(9-7-19)29-14-13-26-17-29/h5-11,13-17H,1,12H2,2-4H3. The largest absolute Gasteiger partial charge is 0.497 e. The van der Waals surface area contributed by atoms with Gasteiger partial charge in [0.25, 0.3) is 0 Å². The van der Waals surface area contributed by atoms with E-state index in [0.717, 1.165) is 38.8 Å². The van der Waals surface area contributed by atoms with Gasteiger partial charge in [0.2, 0.25) is 4.80 Å². The molecule has 7 nitrogen and oxygen atoms in total. The van der Waals surface area contributed by atoms with Gasteiger partial charge in [0.15, 0.2) is 0 Å². The van der Waals surface area contributed by atoms with Gasteiger partial charge in [0.05, 0.1) is 38.5 Å². The van der Waals surface area contributed by atoms with Gasteiger partial charge >= 0.3 is 0 Å². The lowest BCUT2D eigenvalue weighted by Crippen LogP contribution is -2.14. The molecule has 0 aliphatic rings. The molecule has 0 spiro atoms. The smallest absolute Gasteiger partial charge is 0.206 e. The van der Waals surface area contributed by atoms with E-state index in [4.69, 9.17) is 14.6 Å². The van der Waals surface area contributed by atoms with Crippen LogP contribution in [0.3, 0.4) is 0 Å². The summed E-state index contributed by atoms with van der Waals surface area (Å²) >= 11 is 1.52. The van der Waals surface area contributed by atoms with Crippen molar-refractivity contribution in [3.63, 3.8) is 0 Å². The van der Waals surface area contributed by atoms with Crippen LogP contribution in [0.1, 0.15) is 12.5 Å². The van der Waals surface area contributed by atoms with E-state index in [-0.39, 0.29) is 0 Å². The van der Waals surface area contributed by atoms with E-state index >= 15 is 0 Å². The quantitative estimate of drug-likeness (QED) is 0.281. The lowest BCUT2D eigenvalue weighted by Gasteiger charge is -2.12. The maximum atomic E-state index is 5.63. The van der Waals surface area contributed by atoms with Crippen LogP contribution in [-0.2, 0) is 0 Å². The highest BCUT2D eigenvalue weighted by molar-refractivity contribution is 7.07. The van der Waals surface area contributed by atoms with E-state index in [1.54, 1.807) is 32.8 Å². The number of imidazole rings is 1. The Labute approximate surface area is 196 Å². The molecular formula is C25H25N5O2S. The van der Waals surface area contributed by atoms with Crippen LogP contribution in [0, 0.1) is 0 Å². The van der Waals surface area contributed by atoms with E-state index in [0.29, 0.717) is 12.3 Å². The summed E-state index contributed by atoms with van der Waals surface area (Å²) in [6.07, 6.45) is 7.22. The topological polar surface area (TPSA) is 65.9 Å². The highest BCUT2D eigenvalue weighted by Gasteiger charge is 2.14. The number of hydrogen-bond acceptors (Lipinski definition) is 6. The normalized spacial score (nSPS) is 12.1. The number of methoxy groups -OCH3 is 2. The van der Waals surface area contributed by atoms with E-state index in [1.807, 2.05) is 58.1 Å². The molecule has 4 rings (SSSR count). The molecular weight excluding hydrogens is 434 g/mol. The van der Waals surface area contributed by atoms with E-state index < -0.39 is 0 Å². The Kier molecular flexibility index (Phi) is 6.85. The van der Waals surface area contributed by atoms with Crippen molar-refractivity contribution in [2.45, 2.75) is 6.92 Å². The monoisotopic (exact) mass is 459 g/mol. The average Bonchev–Trinajstić information content (AvgIpc) is 3.53. The van der Waals surface area contributed by atoms with Gasteiger partial charge in [0, 0.05) is 35.1 Å². The lowest BCUT2D eigenvalue weighted by atomic mass is 10.1. The average molecular weight is 460 g/mol. The van der Waals surface area contributed by atoms with Crippen LogP contribution in [0.4, 0.5) is 0 Å².